The lowest BCUT2D eigenvalue weighted by molar-refractivity contribution is 0.232. The fourth-order valence-corrected chi connectivity index (χ4v) is 4.67. The summed E-state index contributed by atoms with van der Waals surface area (Å²) >= 11 is 4.47. The normalized spacial score (nSPS) is 24.3. The molecule has 3 rings (SSSR count). The maximum absolute atomic E-state index is 10.1. The van der Waals surface area contributed by atoms with Gasteiger partial charge >= 0.3 is 0 Å². The number of nitrogens with one attached hydrogen (secondary N) is 1. The summed E-state index contributed by atoms with van der Waals surface area (Å²) in [6.45, 7) is 3.76. The van der Waals surface area contributed by atoms with Crippen molar-refractivity contribution in [3.8, 4) is 0 Å². The second kappa shape index (κ2) is 7.92. The fourth-order valence-electron chi connectivity index (χ4n) is 2.48. The number of halogens is 2. The van der Waals surface area contributed by atoms with Crippen molar-refractivity contribution in [2.45, 2.75) is 22.9 Å². The Morgan fingerprint density at radius 1 is 1.50 bits per heavy atom. The van der Waals surface area contributed by atoms with Gasteiger partial charge in [0.1, 0.15) is 0 Å². The van der Waals surface area contributed by atoms with Crippen molar-refractivity contribution in [3.05, 3.63) is 63.2 Å². The molecule has 0 fully saturated rings. The second-order valence-corrected chi connectivity index (χ2v) is 8.23. The molecule has 0 amide bonds. The Morgan fingerprint density at radius 3 is 2.92 bits per heavy atom. The first-order valence-electron chi connectivity index (χ1n) is 7.61. The second-order valence-electron chi connectivity index (χ2n) is 5.55. The van der Waals surface area contributed by atoms with E-state index >= 15 is 0 Å². The van der Waals surface area contributed by atoms with Crippen LogP contribution in [0.1, 0.15) is 24.1 Å². The van der Waals surface area contributed by atoms with Gasteiger partial charge in [0.25, 0.3) is 0 Å². The summed E-state index contributed by atoms with van der Waals surface area (Å²) in [5, 5.41) is 17.0. The molecule has 24 heavy (non-hydrogen) atoms. The van der Waals surface area contributed by atoms with Crippen LogP contribution in [-0.2, 0) is 0 Å². The number of aromatic nitrogens is 2. The van der Waals surface area contributed by atoms with Crippen LogP contribution in [-0.4, -0.2) is 31.0 Å². The average Bonchev–Trinajstić information content (AvgIpc) is 2.97. The largest absolute Gasteiger partial charge is 0.387 e. The molecule has 0 radical (unpaired) electrons. The Labute approximate surface area is 168 Å². The van der Waals surface area contributed by atoms with Gasteiger partial charge in [-0.05, 0) is 64.8 Å². The minimum absolute atomic E-state index is 0.0607. The molecule has 2 atom stereocenters. The SMILES string of the molecule is C=Cc1[nH]ncc1/C=C/N=C(/C1=CC(I)C(O)C(I)=C1)C1=CCC1. The molecule has 0 saturated heterocycles. The molecule has 0 aromatic carbocycles. The van der Waals surface area contributed by atoms with Gasteiger partial charge in [-0.1, -0.05) is 41.3 Å². The standard InChI is InChI=1S/C18H17I2N3O/c1-2-16-12(10-22-23-16)6-7-21-17(11-4-3-5-11)13-8-14(19)18(24)15(20)9-13/h2,4,6-10,14,18,24H,1,3,5H2,(H,22,23)/b7-6+,21-17+. The number of hydrogen-bond donors (Lipinski definition) is 2. The highest BCUT2D eigenvalue weighted by atomic mass is 127. The van der Waals surface area contributed by atoms with E-state index in [0.717, 1.165) is 39.0 Å². The summed E-state index contributed by atoms with van der Waals surface area (Å²) in [5.41, 5.74) is 5.18. The Morgan fingerprint density at radius 2 is 2.29 bits per heavy atom. The predicted octanol–water partition coefficient (Wildman–Crippen LogP) is 4.61. The van der Waals surface area contributed by atoms with Gasteiger partial charge in [-0.15, -0.1) is 0 Å². The van der Waals surface area contributed by atoms with Crippen LogP contribution in [0.15, 0.2) is 56.9 Å². The number of aliphatic hydroxyl groups is 1. The Bertz CT molecular complexity index is 799. The van der Waals surface area contributed by atoms with Crippen LogP contribution in [0.4, 0.5) is 0 Å². The van der Waals surface area contributed by atoms with Crippen LogP contribution < -0.4 is 0 Å². The van der Waals surface area contributed by atoms with Gasteiger partial charge in [0.05, 0.1) is 27.6 Å². The summed E-state index contributed by atoms with van der Waals surface area (Å²) in [7, 11) is 0. The number of alkyl halides is 1. The van der Waals surface area contributed by atoms with Crippen molar-refractivity contribution in [3.63, 3.8) is 0 Å². The first kappa shape index (κ1) is 17.8. The summed E-state index contributed by atoms with van der Waals surface area (Å²) in [4.78, 5) is 4.70. The monoisotopic (exact) mass is 545 g/mol. The van der Waals surface area contributed by atoms with Gasteiger partial charge in [-0.3, -0.25) is 10.1 Å². The third-order valence-electron chi connectivity index (χ3n) is 3.96. The Kier molecular flexibility index (Phi) is 5.88. The lowest BCUT2D eigenvalue weighted by atomic mass is 9.88. The number of H-pyrrole nitrogens is 1. The molecule has 2 N–H and O–H groups in total. The van der Waals surface area contributed by atoms with E-state index in [1.807, 2.05) is 12.2 Å². The molecule has 124 valence electrons. The molecule has 4 nitrogen and oxygen atoms in total. The van der Waals surface area contributed by atoms with Crippen LogP contribution in [0.3, 0.4) is 0 Å². The number of rotatable bonds is 5. The van der Waals surface area contributed by atoms with Gasteiger partial charge < -0.3 is 5.11 Å². The van der Waals surface area contributed by atoms with Crippen LogP contribution >= 0.6 is 45.2 Å². The predicted molar refractivity (Wildman–Crippen MR) is 116 cm³/mol. The third-order valence-corrected chi connectivity index (χ3v) is 5.95. The van der Waals surface area contributed by atoms with E-state index < -0.39 is 6.10 Å². The molecule has 1 aromatic rings. The smallest absolute Gasteiger partial charge is 0.0999 e. The van der Waals surface area contributed by atoms with E-state index in [9.17, 15) is 5.11 Å². The molecule has 0 bridgehead atoms. The fraction of sp³-hybridized carbons (Fsp3) is 0.222. The zero-order valence-electron chi connectivity index (χ0n) is 12.9. The topological polar surface area (TPSA) is 61.3 Å². The molecule has 0 saturated carbocycles. The summed E-state index contributed by atoms with van der Waals surface area (Å²) in [5.74, 6) is 0. The number of aliphatic hydroxyl groups excluding tert-OH is 1. The first-order chi connectivity index (χ1) is 11.6. The summed E-state index contributed by atoms with van der Waals surface area (Å²) in [6, 6.07) is 0. The number of nitrogens with zero attached hydrogens (tertiary/aromatic N) is 2. The molecular weight excluding hydrogens is 528 g/mol. The number of aromatic amines is 1. The molecule has 1 heterocycles. The quantitative estimate of drug-likeness (QED) is 0.323. The van der Waals surface area contributed by atoms with Gasteiger partial charge in [0, 0.05) is 15.3 Å². The molecule has 1 aromatic heterocycles. The highest BCUT2D eigenvalue weighted by Gasteiger charge is 2.25. The van der Waals surface area contributed by atoms with E-state index in [1.165, 1.54) is 5.57 Å². The van der Waals surface area contributed by atoms with Crippen molar-refractivity contribution < 1.29 is 5.11 Å². The molecule has 0 aliphatic heterocycles. The summed E-state index contributed by atoms with van der Waals surface area (Å²) < 4.78 is 1.01. The molecule has 2 unspecified atom stereocenters. The first-order valence-corrected chi connectivity index (χ1v) is 9.93. The van der Waals surface area contributed by atoms with Crippen LogP contribution in [0.2, 0.25) is 0 Å². The minimum Gasteiger partial charge on any atom is -0.387 e. The number of aliphatic imine (C=N–C) groups is 1. The van der Waals surface area contributed by atoms with Gasteiger partial charge in [-0.25, -0.2) is 0 Å². The average molecular weight is 545 g/mol. The number of allylic oxidation sites excluding steroid dienone is 4. The lowest BCUT2D eigenvalue weighted by Gasteiger charge is -2.24. The zero-order valence-corrected chi connectivity index (χ0v) is 17.2. The molecule has 6 heteroatoms. The maximum atomic E-state index is 10.1. The highest BCUT2D eigenvalue weighted by molar-refractivity contribution is 14.1. The van der Waals surface area contributed by atoms with Crippen molar-refractivity contribution in [2.75, 3.05) is 0 Å². The Balaban J connectivity index is 1.91. The van der Waals surface area contributed by atoms with Crippen LogP contribution in [0.5, 0.6) is 0 Å². The van der Waals surface area contributed by atoms with Gasteiger partial charge in [0.2, 0.25) is 0 Å². The van der Waals surface area contributed by atoms with Gasteiger partial charge in [-0.2, -0.15) is 5.10 Å². The van der Waals surface area contributed by atoms with E-state index in [1.54, 1.807) is 18.5 Å². The highest BCUT2D eigenvalue weighted by Crippen LogP contribution is 2.32. The lowest BCUT2D eigenvalue weighted by Crippen LogP contribution is -2.24. The Hall–Kier alpha value is -1.000. The van der Waals surface area contributed by atoms with Crippen LogP contribution in [0.25, 0.3) is 12.2 Å². The van der Waals surface area contributed by atoms with E-state index in [4.69, 9.17) is 4.99 Å². The number of hydrogen-bond acceptors (Lipinski definition) is 3. The van der Waals surface area contributed by atoms with E-state index in [2.05, 4.69) is 74.1 Å². The van der Waals surface area contributed by atoms with Crippen molar-refractivity contribution in [2.24, 2.45) is 4.99 Å². The molecule has 0 spiro atoms. The minimum atomic E-state index is -0.428. The van der Waals surface area contributed by atoms with Gasteiger partial charge in [0.15, 0.2) is 0 Å². The molecule has 2 aliphatic rings. The van der Waals surface area contributed by atoms with Crippen LogP contribution in [0, 0.1) is 0 Å². The molecular formula is C18H17I2N3O. The van der Waals surface area contributed by atoms with Crippen molar-refractivity contribution >= 4 is 63.0 Å². The molecule has 2 aliphatic carbocycles. The van der Waals surface area contributed by atoms with E-state index in [-0.39, 0.29) is 3.92 Å². The third kappa shape index (κ3) is 3.80. The van der Waals surface area contributed by atoms with Crippen molar-refractivity contribution in [1.29, 1.82) is 0 Å². The maximum Gasteiger partial charge on any atom is 0.0999 e. The van der Waals surface area contributed by atoms with E-state index in [0.29, 0.717) is 0 Å². The summed E-state index contributed by atoms with van der Waals surface area (Å²) in [6.07, 6.45) is 15.3. The van der Waals surface area contributed by atoms with Crippen molar-refractivity contribution in [1.82, 2.24) is 10.2 Å². The zero-order chi connectivity index (χ0) is 17.1.